The molecule has 0 aromatic heterocycles. The van der Waals surface area contributed by atoms with Crippen LogP contribution in [0.15, 0.2) is 23.4 Å². The molecule has 0 heterocycles. The Morgan fingerprint density at radius 1 is 1.41 bits per heavy atom. The van der Waals surface area contributed by atoms with Crippen molar-refractivity contribution in [2.75, 3.05) is 0 Å². The van der Waals surface area contributed by atoms with Gasteiger partial charge in [-0.15, -0.1) is 13.2 Å². The number of oxime groups is 1. The van der Waals surface area contributed by atoms with Crippen molar-refractivity contribution in [3.63, 3.8) is 0 Å². The van der Waals surface area contributed by atoms with Crippen LogP contribution in [0.4, 0.5) is 13.2 Å². The number of hydrogen-bond acceptors (Lipinski definition) is 3. The van der Waals surface area contributed by atoms with Crippen molar-refractivity contribution in [1.82, 2.24) is 0 Å². The maximum atomic E-state index is 12.0. The monoisotopic (exact) mass is 268 g/mol. The smallest absolute Gasteiger partial charge is 0.409 e. The summed E-state index contributed by atoms with van der Waals surface area (Å²) >= 11 is 5.61. The number of amidine groups is 1. The van der Waals surface area contributed by atoms with Gasteiger partial charge in [0.25, 0.3) is 0 Å². The number of nitrogens with zero attached hydrogens (tertiary/aromatic N) is 1. The van der Waals surface area contributed by atoms with E-state index in [4.69, 9.17) is 22.5 Å². The molecule has 0 saturated heterocycles. The summed E-state index contributed by atoms with van der Waals surface area (Å²) in [5.74, 6) is -0.601. The van der Waals surface area contributed by atoms with Crippen LogP contribution in [0.25, 0.3) is 0 Å². The number of hydrogen-bond donors (Lipinski definition) is 2. The van der Waals surface area contributed by atoms with E-state index in [0.717, 1.165) is 12.1 Å². The fourth-order valence-corrected chi connectivity index (χ4v) is 1.41. The van der Waals surface area contributed by atoms with E-state index in [1.165, 1.54) is 6.07 Å². The molecule has 4 nitrogen and oxygen atoms in total. The molecule has 0 aliphatic carbocycles. The van der Waals surface area contributed by atoms with Crippen LogP contribution >= 0.6 is 11.6 Å². The summed E-state index contributed by atoms with van der Waals surface area (Å²) < 4.78 is 39.6. The lowest BCUT2D eigenvalue weighted by Crippen LogP contribution is -2.18. The van der Waals surface area contributed by atoms with Crippen molar-refractivity contribution >= 4 is 17.4 Å². The zero-order valence-corrected chi connectivity index (χ0v) is 9.09. The summed E-state index contributed by atoms with van der Waals surface area (Å²) in [6.45, 7) is 0. The van der Waals surface area contributed by atoms with Gasteiger partial charge in [-0.25, -0.2) is 0 Å². The SMILES string of the molecule is N/C(Cc1cc(Cl)cc(OC(F)(F)F)c1)=N\O. The molecule has 0 radical (unpaired) electrons. The minimum Gasteiger partial charge on any atom is -0.409 e. The van der Waals surface area contributed by atoms with Crippen LogP contribution in [0.3, 0.4) is 0 Å². The van der Waals surface area contributed by atoms with E-state index in [0.29, 0.717) is 5.56 Å². The van der Waals surface area contributed by atoms with Crippen molar-refractivity contribution in [1.29, 1.82) is 0 Å². The summed E-state index contributed by atoms with van der Waals surface area (Å²) in [5.41, 5.74) is 5.57. The van der Waals surface area contributed by atoms with Gasteiger partial charge < -0.3 is 15.7 Å². The predicted molar refractivity (Wildman–Crippen MR) is 55.2 cm³/mol. The minimum atomic E-state index is -4.79. The lowest BCUT2D eigenvalue weighted by molar-refractivity contribution is -0.274. The number of nitrogens with two attached hydrogens (primary N) is 1. The highest BCUT2D eigenvalue weighted by Crippen LogP contribution is 2.27. The van der Waals surface area contributed by atoms with E-state index in [-0.39, 0.29) is 17.3 Å². The molecule has 0 fully saturated rings. The summed E-state index contributed by atoms with van der Waals surface area (Å²) in [6, 6.07) is 3.52. The highest BCUT2D eigenvalue weighted by Gasteiger charge is 2.31. The van der Waals surface area contributed by atoms with Crippen LogP contribution in [0.5, 0.6) is 5.75 Å². The highest BCUT2D eigenvalue weighted by atomic mass is 35.5. The second kappa shape index (κ2) is 5.13. The van der Waals surface area contributed by atoms with Gasteiger partial charge in [0.05, 0.1) is 0 Å². The second-order valence-electron chi connectivity index (χ2n) is 3.11. The van der Waals surface area contributed by atoms with Gasteiger partial charge in [-0.1, -0.05) is 16.8 Å². The maximum absolute atomic E-state index is 12.0. The van der Waals surface area contributed by atoms with Crippen LogP contribution in [-0.4, -0.2) is 17.4 Å². The van der Waals surface area contributed by atoms with Crippen molar-refractivity contribution in [2.45, 2.75) is 12.8 Å². The summed E-state index contributed by atoms with van der Waals surface area (Å²) in [5, 5.41) is 11.1. The number of ether oxygens (including phenoxy) is 1. The zero-order chi connectivity index (χ0) is 13.1. The first kappa shape index (κ1) is 13.4. The Balaban J connectivity index is 2.94. The molecule has 0 aliphatic heterocycles. The summed E-state index contributed by atoms with van der Waals surface area (Å²) in [7, 11) is 0. The molecule has 0 amide bonds. The molecule has 0 bridgehead atoms. The topological polar surface area (TPSA) is 67.8 Å². The Morgan fingerprint density at radius 3 is 2.59 bits per heavy atom. The molecule has 1 aromatic rings. The highest BCUT2D eigenvalue weighted by molar-refractivity contribution is 6.30. The first-order chi connectivity index (χ1) is 7.80. The van der Waals surface area contributed by atoms with Crippen molar-refractivity contribution in [3.8, 4) is 5.75 Å². The van der Waals surface area contributed by atoms with Crippen LogP contribution in [0.1, 0.15) is 5.56 Å². The Labute approximate surface area is 99.4 Å². The molecule has 0 aliphatic rings. The average molecular weight is 269 g/mol. The second-order valence-corrected chi connectivity index (χ2v) is 3.55. The van der Waals surface area contributed by atoms with Gasteiger partial charge in [0.15, 0.2) is 0 Å². The fourth-order valence-electron chi connectivity index (χ4n) is 1.16. The number of benzene rings is 1. The van der Waals surface area contributed by atoms with Gasteiger partial charge in [0.1, 0.15) is 11.6 Å². The van der Waals surface area contributed by atoms with E-state index in [1.807, 2.05) is 0 Å². The Hall–Kier alpha value is -1.63. The number of rotatable bonds is 3. The third-order valence-corrected chi connectivity index (χ3v) is 1.90. The zero-order valence-electron chi connectivity index (χ0n) is 8.33. The van der Waals surface area contributed by atoms with E-state index in [1.54, 1.807) is 0 Å². The first-order valence-corrected chi connectivity index (χ1v) is 4.69. The third kappa shape index (κ3) is 4.81. The van der Waals surface area contributed by atoms with Crippen LogP contribution in [-0.2, 0) is 6.42 Å². The molecule has 17 heavy (non-hydrogen) atoms. The number of halogens is 4. The molecule has 94 valence electrons. The first-order valence-electron chi connectivity index (χ1n) is 4.32. The van der Waals surface area contributed by atoms with E-state index >= 15 is 0 Å². The van der Waals surface area contributed by atoms with Crippen LogP contribution < -0.4 is 10.5 Å². The molecular weight excluding hydrogens is 261 g/mol. The van der Waals surface area contributed by atoms with Crippen molar-refractivity contribution < 1.29 is 23.1 Å². The Morgan fingerprint density at radius 2 is 2.06 bits per heavy atom. The largest absolute Gasteiger partial charge is 0.573 e. The van der Waals surface area contributed by atoms with Gasteiger partial charge >= 0.3 is 6.36 Å². The molecule has 0 unspecified atom stereocenters. The van der Waals surface area contributed by atoms with Gasteiger partial charge in [-0.3, -0.25) is 0 Å². The van der Waals surface area contributed by atoms with E-state index in [9.17, 15) is 13.2 Å². The predicted octanol–water partition coefficient (Wildman–Crippen LogP) is 2.53. The van der Waals surface area contributed by atoms with Gasteiger partial charge in [0.2, 0.25) is 0 Å². The summed E-state index contributed by atoms with van der Waals surface area (Å²) in [4.78, 5) is 0. The van der Waals surface area contributed by atoms with E-state index in [2.05, 4.69) is 9.89 Å². The summed E-state index contributed by atoms with van der Waals surface area (Å²) in [6.07, 6.45) is -4.83. The Bertz CT molecular complexity index is 435. The van der Waals surface area contributed by atoms with Crippen LogP contribution in [0.2, 0.25) is 5.02 Å². The molecule has 1 rings (SSSR count). The van der Waals surface area contributed by atoms with Crippen molar-refractivity contribution in [2.24, 2.45) is 10.9 Å². The third-order valence-electron chi connectivity index (χ3n) is 1.68. The molecule has 1 aromatic carbocycles. The molecule has 0 atom stereocenters. The molecule has 0 spiro atoms. The molecular formula is C9H8ClF3N2O2. The van der Waals surface area contributed by atoms with Crippen molar-refractivity contribution in [3.05, 3.63) is 28.8 Å². The van der Waals surface area contributed by atoms with Gasteiger partial charge in [0, 0.05) is 11.4 Å². The maximum Gasteiger partial charge on any atom is 0.573 e. The lowest BCUT2D eigenvalue weighted by atomic mass is 10.1. The van der Waals surface area contributed by atoms with Crippen LogP contribution in [0, 0.1) is 0 Å². The van der Waals surface area contributed by atoms with E-state index < -0.39 is 12.1 Å². The quantitative estimate of drug-likeness (QED) is 0.383. The molecule has 0 saturated carbocycles. The number of alkyl halides is 3. The average Bonchev–Trinajstić information content (AvgIpc) is 2.13. The van der Waals surface area contributed by atoms with Gasteiger partial charge in [-0.05, 0) is 23.8 Å². The lowest BCUT2D eigenvalue weighted by Gasteiger charge is -2.10. The molecule has 3 N–H and O–H groups in total. The molecule has 8 heteroatoms. The van der Waals surface area contributed by atoms with Gasteiger partial charge in [-0.2, -0.15) is 0 Å². The normalized spacial score (nSPS) is 12.6. The Kier molecular flexibility index (Phi) is 4.06. The standard InChI is InChI=1S/C9H8ClF3N2O2/c10-6-1-5(3-8(14)15-16)2-7(4-6)17-9(11,12)13/h1-2,4,16H,3H2,(H2,14,15). The minimum absolute atomic E-state index is 0.0364. The fraction of sp³-hybridized carbons (Fsp3) is 0.222.